The first-order valence-electron chi connectivity index (χ1n) is 6.17. The lowest BCUT2D eigenvalue weighted by atomic mass is 10.2. The van der Waals surface area contributed by atoms with Gasteiger partial charge in [0.15, 0.2) is 0 Å². The minimum atomic E-state index is -0.163. The fourth-order valence-corrected chi connectivity index (χ4v) is 2.33. The van der Waals surface area contributed by atoms with E-state index in [0.29, 0.717) is 23.6 Å². The second-order valence-electron chi connectivity index (χ2n) is 4.47. The van der Waals surface area contributed by atoms with Crippen LogP contribution in [0, 0.1) is 13.8 Å². The summed E-state index contributed by atoms with van der Waals surface area (Å²) in [6, 6.07) is 0. The molecule has 0 radical (unpaired) electrons. The molecule has 1 amide bonds. The van der Waals surface area contributed by atoms with Gasteiger partial charge in [0.2, 0.25) is 5.91 Å². The molecule has 0 bridgehead atoms. The Morgan fingerprint density at radius 3 is 2.85 bits per heavy atom. The standard InChI is InChI=1S/C13H16N4O2S/c1-8-10(16-9(2)17(3)13(8)19)6-11(18)15-7-12-14-4-5-20-12/h4-5H,6-7H2,1-3H3,(H,15,18). The summed E-state index contributed by atoms with van der Waals surface area (Å²) in [4.78, 5) is 32.2. The summed E-state index contributed by atoms with van der Waals surface area (Å²) in [6.07, 6.45) is 1.80. The Morgan fingerprint density at radius 1 is 1.45 bits per heavy atom. The Labute approximate surface area is 120 Å². The van der Waals surface area contributed by atoms with Gasteiger partial charge in [-0.25, -0.2) is 9.97 Å². The summed E-state index contributed by atoms with van der Waals surface area (Å²) < 4.78 is 1.48. The number of carbonyl (C=O) groups is 1. The van der Waals surface area contributed by atoms with Gasteiger partial charge in [0.25, 0.3) is 5.56 Å². The van der Waals surface area contributed by atoms with Crippen molar-refractivity contribution in [3.63, 3.8) is 0 Å². The third-order valence-electron chi connectivity index (χ3n) is 3.09. The van der Waals surface area contributed by atoms with E-state index in [1.807, 2.05) is 5.38 Å². The van der Waals surface area contributed by atoms with E-state index in [9.17, 15) is 9.59 Å². The van der Waals surface area contributed by atoms with Crippen LogP contribution in [0.4, 0.5) is 0 Å². The Morgan fingerprint density at radius 2 is 2.20 bits per heavy atom. The van der Waals surface area contributed by atoms with Gasteiger partial charge >= 0.3 is 0 Å². The van der Waals surface area contributed by atoms with Gasteiger partial charge in [-0.05, 0) is 13.8 Å². The number of hydrogen-bond acceptors (Lipinski definition) is 5. The maximum atomic E-state index is 11.9. The number of hydrogen-bond donors (Lipinski definition) is 1. The Balaban J connectivity index is 2.06. The van der Waals surface area contributed by atoms with Gasteiger partial charge in [-0.15, -0.1) is 11.3 Å². The molecular weight excluding hydrogens is 276 g/mol. The van der Waals surface area contributed by atoms with Crippen LogP contribution < -0.4 is 10.9 Å². The Hall–Kier alpha value is -2.02. The van der Waals surface area contributed by atoms with Crippen molar-refractivity contribution in [3.8, 4) is 0 Å². The molecule has 2 aromatic rings. The van der Waals surface area contributed by atoms with Crippen molar-refractivity contribution in [1.82, 2.24) is 19.9 Å². The molecule has 7 heteroatoms. The summed E-state index contributed by atoms with van der Waals surface area (Å²) >= 11 is 1.49. The van der Waals surface area contributed by atoms with E-state index in [2.05, 4.69) is 15.3 Å². The van der Waals surface area contributed by atoms with E-state index in [4.69, 9.17) is 0 Å². The highest BCUT2D eigenvalue weighted by Crippen LogP contribution is 2.04. The topological polar surface area (TPSA) is 76.9 Å². The molecule has 0 aromatic carbocycles. The lowest BCUT2D eigenvalue weighted by Crippen LogP contribution is -2.29. The zero-order chi connectivity index (χ0) is 14.7. The molecule has 106 valence electrons. The van der Waals surface area contributed by atoms with Crippen LogP contribution in [0.2, 0.25) is 0 Å². The summed E-state index contributed by atoms with van der Waals surface area (Å²) in [5, 5.41) is 5.48. The van der Waals surface area contributed by atoms with Crippen molar-refractivity contribution >= 4 is 17.2 Å². The molecule has 2 rings (SSSR count). The Bertz CT molecular complexity index is 676. The van der Waals surface area contributed by atoms with E-state index in [1.54, 1.807) is 27.1 Å². The molecule has 0 saturated heterocycles. The third kappa shape index (κ3) is 3.11. The zero-order valence-corrected chi connectivity index (χ0v) is 12.5. The van der Waals surface area contributed by atoms with Crippen molar-refractivity contribution in [1.29, 1.82) is 0 Å². The SMILES string of the molecule is Cc1c(CC(=O)NCc2nccs2)nc(C)n(C)c1=O. The number of nitrogens with zero attached hydrogens (tertiary/aromatic N) is 3. The lowest BCUT2D eigenvalue weighted by Gasteiger charge is -2.09. The van der Waals surface area contributed by atoms with Gasteiger partial charge in [-0.2, -0.15) is 0 Å². The lowest BCUT2D eigenvalue weighted by molar-refractivity contribution is -0.120. The monoisotopic (exact) mass is 292 g/mol. The smallest absolute Gasteiger partial charge is 0.256 e. The van der Waals surface area contributed by atoms with Crippen LogP contribution in [-0.2, 0) is 24.8 Å². The quantitative estimate of drug-likeness (QED) is 0.900. The summed E-state index contributed by atoms with van der Waals surface area (Å²) in [5.41, 5.74) is 0.935. The van der Waals surface area contributed by atoms with Gasteiger partial charge in [0.05, 0.1) is 18.7 Å². The molecule has 2 aromatic heterocycles. The second kappa shape index (κ2) is 5.96. The van der Waals surface area contributed by atoms with Crippen LogP contribution >= 0.6 is 11.3 Å². The summed E-state index contributed by atoms with van der Waals surface area (Å²) in [5.74, 6) is 0.437. The zero-order valence-electron chi connectivity index (χ0n) is 11.6. The first-order valence-corrected chi connectivity index (χ1v) is 7.05. The number of aromatic nitrogens is 3. The van der Waals surface area contributed by atoms with Crippen LogP contribution in [0.5, 0.6) is 0 Å². The molecule has 6 nitrogen and oxygen atoms in total. The van der Waals surface area contributed by atoms with E-state index < -0.39 is 0 Å². The molecule has 0 aliphatic heterocycles. The second-order valence-corrected chi connectivity index (χ2v) is 5.45. The van der Waals surface area contributed by atoms with Crippen molar-refractivity contribution in [2.45, 2.75) is 26.8 Å². The van der Waals surface area contributed by atoms with E-state index in [1.165, 1.54) is 15.9 Å². The fourth-order valence-electron chi connectivity index (χ4n) is 1.78. The van der Waals surface area contributed by atoms with Crippen LogP contribution in [0.15, 0.2) is 16.4 Å². The molecule has 0 saturated carbocycles. The highest BCUT2D eigenvalue weighted by Gasteiger charge is 2.12. The van der Waals surface area contributed by atoms with Crippen molar-refractivity contribution in [2.75, 3.05) is 0 Å². The number of thiazole rings is 1. The van der Waals surface area contributed by atoms with E-state index in [0.717, 1.165) is 5.01 Å². The molecule has 2 heterocycles. The predicted octanol–water partition coefficient (Wildman–Crippen LogP) is 0.713. The number of amides is 1. The first kappa shape index (κ1) is 14.4. The maximum Gasteiger partial charge on any atom is 0.256 e. The molecule has 1 N–H and O–H groups in total. The Kier molecular flexibility index (Phi) is 4.29. The van der Waals surface area contributed by atoms with Crippen LogP contribution in [0.25, 0.3) is 0 Å². The van der Waals surface area contributed by atoms with Crippen LogP contribution in [0.3, 0.4) is 0 Å². The van der Waals surface area contributed by atoms with Gasteiger partial charge in [-0.3, -0.25) is 14.2 Å². The molecule has 0 atom stereocenters. The minimum absolute atomic E-state index is 0.105. The third-order valence-corrected chi connectivity index (χ3v) is 3.87. The van der Waals surface area contributed by atoms with Gasteiger partial charge in [-0.1, -0.05) is 0 Å². The average Bonchev–Trinajstić information content (AvgIpc) is 2.93. The highest BCUT2D eigenvalue weighted by atomic mass is 32.1. The number of aryl methyl sites for hydroxylation is 1. The van der Waals surface area contributed by atoms with Crippen LogP contribution in [0.1, 0.15) is 22.1 Å². The van der Waals surface area contributed by atoms with E-state index >= 15 is 0 Å². The molecule has 0 aliphatic carbocycles. The number of rotatable bonds is 4. The molecule has 0 aliphatic rings. The van der Waals surface area contributed by atoms with Gasteiger partial charge < -0.3 is 5.32 Å². The number of nitrogens with one attached hydrogen (secondary N) is 1. The van der Waals surface area contributed by atoms with Crippen LogP contribution in [-0.4, -0.2) is 20.4 Å². The van der Waals surface area contributed by atoms with Crippen molar-refractivity contribution in [2.24, 2.45) is 7.05 Å². The number of carbonyl (C=O) groups excluding carboxylic acids is 1. The molecule has 0 unspecified atom stereocenters. The van der Waals surface area contributed by atoms with Crippen molar-refractivity contribution in [3.05, 3.63) is 44.0 Å². The maximum absolute atomic E-state index is 11.9. The van der Waals surface area contributed by atoms with Crippen molar-refractivity contribution < 1.29 is 4.79 Å². The molecular formula is C13H16N4O2S. The summed E-state index contributed by atoms with van der Waals surface area (Å²) in [6.45, 7) is 3.84. The first-order chi connectivity index (χ1) is 9.49. The minimum Gasteiger partial charge on any atom is -0.349 e. The van der Waals surface area contributed by atoms with Gasteiger partial charge in [0.1, 0.15) is 10.8 Å². The van der Waals surface area contributed by atoms with Gasteiger partial charge in [0, 0.05) is 24.2 Å². The predicted molar refractivity (Wildman–Crippen MR) is 76.6 cm³/mol. The van der Waals surface area contributed by atoms with E-state index in [-0.39, 0.29) is 17.9 Å². The average molecular weight is 292 g/mol. The molecule has 0 fully saturated rings. The highest BCUT2D eigenvalue weighted by molar-refractivity contribution is 7.09. The fraction of sp³-hybridized carbons (Fsp3) is 0.385. The molecule has 20 heavy (non-hydrogen) atoms. The summed E-state index contributed by atoms with van der Waals surface area (Å²) in [7, 11) is 1.67. The normalized spacial score (nSPS) is 10.6. The molecule has 0 spiro atoms. The largest absolute Gasteiger partial charge is 0.349 e.